The Labute approximate surface area is 206 Å². The average molecular weight is 499 g/mol. The van der Waals surface area contributed by atoms with Gasteiger partial charge >= 0.3 is 6.09 Å². The Morgan fingerprint density at radius 3 is 2.54 bits per heavy atom. The molecule has 1 unspecified atom stereocenters. The Kier molecular flexibility index (Phi) is 6.47. The third kappa shape index (κ3) is 4.62. The highest BCUT2D eigenvalue weighted by molar-refractivity contribution is 5.66. The molecule has 5 rings (SSSR count). The molecule has 4 aliphatic heterocycles. The second kappa shape index (κ2) is 8.92. The van der Waals surface area contributed by atoms with E-state index in [1.165, 1.54) is 5.57 Å². The molecule has 0 bridgehead atoms. The molecule has 4 saturated heterocycles. The smallest absolute Gasteiger partial charge is 0.407 e. The van der Waals surface area contributed by atoms with Gasteiger partial charge in [0, 0.05) is 31.5 Å². The minimum Gasteiger partial charge on any atom is -0.465 e. The summed E-state index contributed by atoms with van der Waals surface area (Å²) in [5, 5.41) is 10.0. The quantitative estimate of drug-likeness (QED) is 0.402. The molecule has 5 aliphatic rings. The number of allylic oxidation sites excluding steroid dienone is 1. The standard InChI is InChI=1S/C26H40F2N2O5/c1-16(2)5-6-19-24(3,35-19)22-21(33-4)18(7-10-25(22)15-34-25)20-17(9-12-30(20)23(31)32)8-11-29-13-26(27,28)14-29/h5,17-22H,6-15H2,1-4H3,(H,31,32)/t17-,18-,19-,20+,21+,22-,24+,25?/m1/s1. The van der Waals surface area contributed by atoms with Crippen LogP contribution in [0.4, 0.5) is 13.6 Å². The third-order valence-electron chi connectivity index (χ3n) is 9.34. The summed E-state index contributed by atoms with van der Waals surface area (Å²) in [6, 6.07) is -0.184. The van der Waals surface area contributed by atoms with Gasteiger partial charge < -0.3 is 24.2 Å². The summed E-state index contributed by atoms with van der Waals surface area (Å²) >= 11 is 0. The Bertz CT molecular complexity index is 853. The van der Waals surface area contributed by atoms with Crippen LogP contribution in [0.2, 0.25) is 0 Å². The van der Waals surface area contributed by atoms with E-state index in [0.717, 1.165) is 32.1 Å². The van der Waals surface area contributed by atoms with Crippen molar-refractivity contribution in [2.75, 3.05) is 39.9 Å². The molecule has 0 aromatic rings. The predicted octanol–water partition coefficient (Wildman–Crippen LogP) is 4.02. The number of amides is 1. The maximum absolute atomic E-state index is 13.3. The number of carboxylic acid groups (broad SMARTS) is 1. The molecule has 9 heteroatoms. The summed E-state index contributed by atoms with van der Waals surface area (Å²) in [4.78, 5) is 15.6. The Hall–Kier alpha value is -1.29. The number of epoxide rings is 2. The molecular formula is C26H40F2N2O5. The van der Waals surface area contributed by atoms with Crippen molar-refractivity contribution in [2.24, 2.45) is 17.8 Å². The van der Waals surface area contributed by atoms with E-state index in [9.17, 15) is 18.7 Å². The number of hydrogen-bond acceptors (Lipinski definition) is 5. The lowest BCUT2D eigenvalue weighted by atomic mass is 9.62. The number of ether oxygens (including phenoxy) is 3. The van der Waals surface area contributed by atoms with Gasteiger partial charge in [-0.25, -0.2) is 13.6 Å². The highest BCUT2D eigenvalue weighted by atomic mass is 19.3. The number of alkyl halides is 2. The first kappa shape index (κ1) is 25.4. The highest BCUT2D eigenvalue weighted by Crippen LogP contribution is 2.61. The molecule has 1 amide bonds. The summed E-state index contributed by atoms with van der Waals surface area (Å²) in [7, 11) is 1.72. The minimum atomic E-state index is -2.58. The van der Waals surface area contributed by atoms with Crippen LogP contribution < -0.4 is 0 Å². The molecule has 8 atom stereocenters. The van der Waals surface area contributed by atoms with Crippen molar-refractivity contribution in [3.63, 3.8) is 0 Å². The molecule has 7 nitrogen and oxygen atoms in total. The van der Waals surface area contributed by atoms with E-state index in [1.54, 1.807) is 16.9 Å². The lowest BCUT2D eigenvalue weighted by Gasteiger charge is -2.48. The molecule has 1 spiro atoms. The van der Waals surface area contributed by atoms with Gasteiger partial charge in [0.05, 0.1) is 37.5 Å². The zero-order valence-electron chi connectivity index (χ0n) is 21.3. The summed E-state index contributed by atoms with van der Waals surface area (Å²) < 4.78 is 45.2. The molecule has 4 heterocycles. The van der Waals surface area contributed by atoms with Crippen molar-refractivity contribution in [3.05, 3.63) is 11.6 Å². The van der Waals surface area contributed by atoms with Crippen LogP contribution in [0.1, 0.15) is 52.9 Å². The van der Waals surface area contributed by atoms with Crippen LogP contribution in [0.25, 0.3) is 0 Å². The van der Waals surface area contributed by atoms with Gasteiger partial charge in [0.15, 0.2) is 0 Å². The molecule has 198 valence electrons. The van der Waals surface area contributed by atoms with E-state index in [0.29, 0.717) is 19.7 Å². The van der Waals surface area contributed by atoms with Crippen molar-refractivity contribution >= 4 is 6.09 Å². The summed E-state index contributed by atoms with van der Waals surface area (Å²) in [5.74, 6) is -2.40. The van der Waals surface area contributed by atoms with E-state index in [4.69, 9.17) is 14.2 Å². The fourth-order valence-electron chi connectivity index (χ4n) is 7.50. The van der Waals surface area contributed by atoms with Gasteiger partial charge in [0.25, 0.3) is 5.92 Å². The summed E-state index contributed by atoms with van der Waals surface area (Å²) in [5.41, 5.74) is 0.639. The SMILES string of the molecule is CO[C@H]1[C@@H]([C@@H]2[C@H](CCN3CC(F)(F)C3)CCN2C(=O)O)CCC2(CO2)[C@H]1[C@@]1(C)O[C@@H]1CC=C(C)C. The van der Waals surface area contributed by atoms with Gasteiger partial charge in [-0.1, -0.05) is 11.6 Å². The van der Waals surface area contributed by atoms with Crippen LogP contribution in [0.3, 0.4) is 0 Å². The van der Waals surface area contributed by atoms with Crippen molar-refractivity contribution < 1.29 is 32.9 Å². The fourth-order valence-corrected chi connectivity index (χ4v) is 7.50. The van der Waals surface area contributed by atoms with Gasteiger partial charge in [-0.2, -0.15) is 0 Å². The predicted molar refractivity (Wildman–Crippen MR) is 126 cm³/mol. The van der Waals surface area contributed by atoms with Crippen LogP contribution in [0, 0.1) is 17.8 Å². The van der Waals surface area contributed by atoms with E-state index in [-0.39, 0.29) is 60.3 Å². The van der Waals surface area contributed by atoms with Crippen molar-refractivity contribution in [1.82, 2.24) is 9.80 Å². The fraction of sp³-hybridized carbons (Fsp3) is 0.885. The Morgan fingerprint density at radius 1 is 1.26 bits per heavy atom. The van der Waals surface area contributed by atoms with Gasteiger partial charge in [0.1, 0.15) is 5.60 Å². The number of nitrogens with zero attached hydrogens (tertiary/aromatic N) is 2. The number of carbonyl (C=O) groups is 1. The molecule has 0 radical (unpaired) electrons. The van der Waals surface area contributed by atoms with Gasteiger partial charge in [0.2, 0.25) is 0 Å². The first-order chi connectivity index (χ1) is 16.5. The number of methoxy groups -OCH3 is 1. The monoisotopic (exact) mass is 498 g/mol. The van der Waals surface area contributed by atoms with Crippen LogP contribution in [-0.2, 0) is 14.2 Å². The maximum atomic E-state index is 13.3. The molecule has 1 aliphatic carbocycles. The van der Waals surface area contributed by atoms with E-state index in [2.05, 4.69) is 26.8 Å². The van der Waals surface area contributed by atoms with Crippen LogP contribution in [0.15, 0.2) is 11.6 Å². The summed E-state index contributed by atoms with van der Waals surface area (Å²) in [6.45, 7) is 7.70. The lowest BCUT2D eigenvalue weighted by molar-refractivity contribution is -0.132. The normalized spacial score (nSPS) is 44.2. The van der Waals surface area contributed by atoms with Crippen LogP contribution in [-0.4, -0.2) is 96.3 Å². The highest BCUT2D eigenvalue weighted by Gasteiger charge is 2.72. The second-order valence-electron chi connectivity index (χ2n) is 11.9. The topological polar surface area (TPSA) is 78.1 Å². The maximum Gasteiger partial charge on any atom is 0.407 e. The van der Waals surface area contributed by atoms with Gasteiger partial charge in [-0.15, -0.1) is 0 Å². The molecule has 0 aromatic heterocycles. The molecule has 5 fully saturated rings. The molecular weight excluding hydrogens is 458 g/mol. The van der Waals surface area contributed by atoms with E-state index >= 15 is 0 Å². The number of hydrogen-bond donors (Lipinski definition) is 1. The van der Waals surface area contributed by atoms with Crippen molar-refractivity contribution in [1.29, 1.82) is 0 Å². The van der Waals surface area contributed by atoms with Crippen LogP contribution >= 0.6 is 0 Å². The average Bonchev–Trinajstić information content (AvgIpc) is 3.63. The molecule has 1 saturated carbocycles. The number of halogens is 2. The van der Waals surface area contributed by atoms with Gasteiger partial charge in [-0.05, 0) is 65.3 Å². The largest absolute Gasteiger partial charge is 0.465 e. The lowest BCUT2D eigenvalue weighted by Crippen LogP contribution is -2.59. The zero-order valence-corrected chi connectivity index (χ0v) is 21.3. The minimum absolute atomic E-state index is 0.0198. The molecule has 0 aromatic carbocycles. The van der Waals surface area contributed by atoms with Crippen molar-refractivity contribution in [2.45, 2.75) is 88.2 Å². The van der Waals surface area contributed by atoms with E-state index in [1.807, 2.05) is 0 Å². The number of likely N-dealkylation sites (tertiary alicyclic amines) is 2. The molecule has 35 heavy (non-hydrogen) atoms. The van der Waals surface area contributed by atoms with Crippen LogP contribution in [0.5, 0.6) is 0 Å². The first-order valence-electron chi connectivity index (χ1n) is 13.1. The Morgan fingerprint density at radius 2 is 1.97 bits per heavy atom. The van der Waals surface area contributed by atoms with Crippen molar-refractivity contribution in [3.8, 4) is 0 Å². The Balaban J connectivity index is 1.35. The zero-order chi connectivity index (χ0) is 25.2. The number of rotatable bonds is 8. The second-order valence-corrected chi connectivity index (χ2v) is 11.9. The summed E-state index contributed by atoms with van der Waals surface area (Å²) in [6.07, 6.45) is 5.24. The first-order valence-corrected chi connectivity index (χ1v) is 13.1. The third-order valence-corrected chi connectivity index (χ3v) is 9.34. The molecule has 1 N–H and O–H groups in total. The van der Waals surface area contributed by atoms with Gasteiger partial charge in [-0.3, -0.25) is 4.90 Å². The van der Waals surface area contributed by atoms with E-state index < -0.39 is 12.0 Å².